The van der Waals surface area contributed by atoms with Crippen LogP contribution in [0, 0.1) is 0 Å². The summed E-state index contributed by atoms with van der Waals surface area (Å²) in [6, 6.07) is 8.61. The van der Waals surface area contributed by atoms with Gasteiger partial charge in [0, 0.05) is 11.6 Å². The summed E-state index contributed by atoms with van der Waals surface area (Å²) in [7, 11) is 1.32. The van der Waals surface area contributed by atoms with Gasteiger partial charge in [-0.2, -0.15) is 8.78 Å². The molecule has 0 bridgehead atoms. The average Bonchev–Trinajstić information content (AvgIpc) is 2.84. The lowest BCUT2D eigenvalue weighted by Gasteiger charge is -2.12. The minimum atomic E-state index is -3.05. The zero-order chi connectivity index (χ0) is 17.3. The fraction of sp³-hybridized carbons (Fsp3) is 0.118. The highest BCUT2D eigenvalue weighted by Crippen LogP contribution is 2.38. The number of aromatic hydroxyl groups is 1. The Morgan fingerprint density at radius 1 is 1.25 bits per heavy atom. The number of rotatable bonds is 4. The quantitative estimate of drug-likeness (QED) is 0.865. The molecule has 0 spiro atoms. The first-order valence-corrected chi connectivity index (χ1v) is 6.88. The number of phenols is 1. The monoisotopic (exact) mass is 334 g/mol. The molecule has 0 amide bonds. The third-order valence-electron chi connectivity index (χ3n) is 3.38. The lowest BCUT2D eigenvalue weighted by Crippen LogP contribution is -2.06. The maximum atomic E-state index is 12.6. The molecule has 124 valence electrons. The van der Waals surface area contributed by atoms with Gasteiger partial charge in [-0.3, -0.25) is 4.79 Å². The van der Waals surface area contributed by atoms with E-state index in [2.05, 4.69) is 4.74 Å². The molecule has 1 N–H and O–H groups in total. The van der Waals surface area contributed by atoms with Gasteiger partial charge in [-0.05, 0) is 24.3 Å². The third-order valence-corrected chi connectivity index (χ3v) is 3.38. The first kappa shape index (κ1) is 15.8. The zero-order valence-electron chi connectivity index (χ0n) is 12.5. The normalized spacial score (nSPS) is 14.7. The van der Waals surface area contributed by atoms with Gasteiger partial charge < -0.3 is 19.3 Å². The predicted octanol–water partition coefficient (Wildman–Crippen LogP) is 3.62. The molecule has 1 aliphatic rings. The van der Waals surface area contributed by atoms with Crippen molar-refractivity contribution in [2.75, 3.05) is 7.11 Å². The summed E-state index contributed by atoms with van der Waals surface area (Å²) >= 11 is 0. The number of alkyl halides is 2. The number of allylic oxidation sites excluding steroid dienone is 1. The van der Waals surface area contributed by atoms with E-state index in [9.17, 15) is 18.7 Å². The number of methoxy groups -OCH3 is 1. The number of para-hydroxylation sites is 1. The summed E-state index contributed by atoms with van der Waals surface area (Å²) in [6.45, 7) is -3.05. The molecule has 5 nitrogen and oxygen atoms in total. The topological polar surface area (TPSA) is 65.0 Å². The van der Waals surface area contributed by atoms with Gasteiger partial charge in [-0.1, -0.05) is 12.1 Å². The first-order valence-electron chi connectivity index (χ1n) is 6.88. The van der Waals surface area contributed by atoms with Crippen molar-refractivity contribution in [1.82, 2.24) is 0 Å². The van der Waals surface area contributed by atoms with Crippen LogP contribution in [0.15, 0.2) is 42.2 Å². The van der Waals surface area contributed by atoms with Crippen LogP contribution in [0.2, 0.25) is 0 Å². The van der Waals surface area contributed by atoms with E-state index in [1.165, 1.54) is 43.5 Å². The molecule has 2 aromatic carbocycles. The molecule has 0 saturated heterocycles. The molecule has 1 heterocycles. The Balaban J connectivity index is 2.02. The van der Waals surface area contributed by atoms with Gasteiger partial charge in [-0.15, -0.1) is 0 Å². The van der Waals surface area contributed by atoms with Crippen molar-refractivity contribution >= 4 is 11.9 Å². The van der Waals surface area contributed by atoms with Crippen molar-refractivity contribution in [3.05, 3.63) is 53.3 Å². The smallest absolute Gasteiger partial charge is 0.387 e. The van der Waals surface area contributed by atoms with Crippen LogP contribution in [0.1, 0.15) is 15.9 Å². The molecule has 0 atom stereocenters. The molecule has 0 aromatic heterocycles. The Labute approximate surface area is 135 Å². The minimum absolute atomic E-state index is 0.0501. The van der Waals surface area contributed by atoms with Crippen LogP contribution in [-0.4, -0.2) is 24.6 Å². The molecule has 2 aromatic rings. The number of carbonyl (C=O) groups excluding carboxylic acids is 1. The second kappa shape index (κ2) is 6.19. The molecule has 7 heteroatoms. The number of benzene rings is 2. The van der Waals surface area contributed by atoms with Crippen LogP contribution >= 0.6 is 0 Å². The Morgan fingerprint density at radius 3 is 2.75 bits per heavy atom. The predicted molar refractivity (Wildman–Crippen MR) is 80.7 cm³/mol. The van der Waals surface area contributed by atoms with Gasteiger partial charge in [0.2, 0.25) is 5.78 Å². The Kier molecular flexibility index (Phi) is 4.07. The van der Waals surface area contributed by atoms with Crippen LogP contribution in [0.5, 0.6) is 23.0 Å². The number of hydrogen-bond acceptors (Lipinski definition) is 5. The summed E-state index contributed by atoms with van der Waals surface area (Å²) in [5.74, 6) is -0.432. The maximum Gasteiger partial charge on any atom is 0.387 e. The number of halogens is 2. The van der Waals surface area contributed by atoms with Gasteiger partial charge in [-0.25, -0.2) is 0 Å². The minimum Gasteiger partial charge on any atom is -0.508 e. The molecule has 0 aliphatic carbocycles. The molecule has 24 heavy (non-hydrogen) atoms. The number of ketones is 1. The lowest BCUT2D eigenvalue weighted by atomic mass is 10.1. The Morgan fingerprint density at radius 2 is 2.04 bits per heavy atom. The first-order chi connectivity index (χ1) is 11.5. The summed E-state index contributed by atoms with van der Waals surface area (Å²) in [6.07, 6.45) is 1.29. The highest BCUT2D eigenvalue weighted by Gasteiger charge is 2.28. The van der Waals surface area contributed by atoms with Gasteiger partial charge in [0.15, 0.2) is 17.3 Å². The van der Waals surface area contributed by atoms with Crippen LogP contribution < -0.4 is 14.2 Å². The highest BCUT2D eigenvalue weighted by molar-refractivity contribution is 6.14. The molecule has 1 aliphatic heterocycles. The number of carbonyl (C=O) groups is 1. The maximum absolute atomic E-state index is 12.6. The molecule has 0 radical (unpaired) electrons. The number of fused-ring (bicyclic) bond motifs is 1. The highest BCUT2D eigenvalue weighted by atomic mass is 19.3. The van der Waals surface area contributed by atoms with Crippen LogP contribution in [-0.2, 0) is 0 Å². The fourth-order valence-corrected chi connectivity index (χ4v) is 2.34. The number of ether oxygens (including phenoxy) is 3. The van der Waals surface area contributed by atoms with E-state index in [1.54, 1.807) is 6.07 Å². The van der Waals surface area contributed by atoms with E-state index < -0.39 is 12.4 Å². The number of hydrogen-bond donors (Lipinski definition) is 1. The second-order valence-corrected chi connectivity index (χ2v) is 4.88. The standard InChI is InChI=1S/C17H12F2O5/c1-22-12-4-2-3-9(16(12)24-17(18)19)7-14-15(21)11-6-5-10(20)8-13(11)23-14/h2-8,17,20H,1H3. The summed E-state index contributed by atoms with van der Waals surface area (Å²) in [5, 5.41) is 9.44. The summed E-state index contributed by atoms with van der Waals surface area (Å²) in [5.41, 5.74) is 0.480. The summed E-state index contributed by atoms with van der Waals surface area (Å²) < 4.78 is 40.2. The molecule has 3 rings (SSSR count). The van der Waals surface area contributed by atoms with Crippen molar-refractivity contribution in [1.29, 1.82) is 0 Å². The van der Waals surface area contributed by atoms with Crippen molar-refractivity contribution in [3.8, 4) is 23.0 Å². The number of phenolic OH excluding ortho intramolecular Hbond substituents is 1. The average molecular weight is 334 g/mol. The summed E-state index contributed by atoms with van der Waals surface area (Å²) in [4.78, 5) is 12.3. The van der Waals surface area contributed by atoms with E-state index in [0.29, 0.717) is 0 Å². The lowest BCUT2D eigenvalue weighted by molar-refractivity contribution is -0.0513. The van der Waals surface area contributed by atoms with Crippen molar-refractivity contribution in [2.45, 2.75) is 6.61 Å². The van der Waals surface area contributed by atoms with E-state index >= 15 is 0 Å². The fourth-order valence-electron chi connectivity index (χ4n) is 2.34. The molecule has 0 saturated carbocycles. The second-order valence-electron chi connectivity index (χ2n) is 4.88. The largest absolute Gasteiger partial charge is 0.508 e. The van der Waals surface area contributed by atoms with Crippen molar-refractivity contribution in [3.63, 3.8) is 0 Å². The van der Waals surface area contributed by atoms with Gasteiger partial charge in [0.05, 0.1) is 12.7 Å². The zero-order valence-corrected chi connectivity index (χ0v) is 12.5. The van der Waals surface area contributed by atoms with Crippen molar-refractivity contribution < 1.29 is 32.9 Å². The molecular formula is C17H12F2O5. The molecule has 0 fully saturated rings. The number of Topliss-reactive ketones (excluding diaryl/α,β-unsaturated/α-hetero) is 1. The van der Waals surface area contributed by atoms with Gasteiger partial charge in [0.1, 0.15) is 11.5 Å². The molecular weight excluding hydrogens is 322 g/mol. The van der Waals surface area contributed by atoms with E-state index in [-0.39, 0.29) is 39.9 Å². The van der Waals surface area contributed by atoms with Crippen LogP contribution in [0.25, 0.3) is 6.08 Å². The van der Waals surface area contributed by atoms with E-state index in [0.717, 1.165) is 0 Å². The van der Waals surface area contributed by atoms with Crippen molar-refractivity contribution in [2.24, 2.45) is 0 Å². The third kappa shape index (κ3) is 2.88. The van der Waals surface area contributed by atoms with Gasteiger partial charge in [0.25, 0.3) is 0 Å². The van der Waals surface area contributed by atoms with Crippen LogP contribution in [0.4, 0.5) is 8.78 Å². The SMILES string of the molecule is COc1cccc(C=C2Oc3cc(O)ccc3C2=O)c1OC(F)F. The molecule has 0 unspecified atom stereocenters. The Bertz CT molecular complexity index is 830. The van der Waals surface area contributed by atoms with Crippen LogP contribution in [0.3, 0.4) is 0 Å². The van der Waals surface area contributed by atoms with E-state index in [4.69, 9.17) is 9.47 Å². The van der Waals surface area contributed by atoms with E-state index in [1.807, 2.05) is 0 Å². The van der Waals surface area contributed by atoms with Gasteiger partial charge >= 0.3 is 6.61 Å². The Hall–Kier alpha value is -3.09.